The molecule has 1 spiro atoms. The van der Waals surface area contributed by atoms with Gasteiger partial charge in [-0.05, 0) is 37.8 Å². The Balaban J connectivity index is 1.42. The van der Waals surface area contributed by atoms with Gasteiger partial charge in [0.1, 0.15) is 0 Å². The van der Waals surface area contributed by atoms with Gasteiger partial charge in [0.25, 0.3) is 0 Å². The summed E-state index contributed by atoms with van der Waals surface area (Å²) in [7, 11) is 0. The maximum Gasteiger partial charge on any atom is 0.225 e. The Morgan fingerprint density at radius 1 is 1.24 bits per heavy atom. The van der Waals surface area contributed by atoms with Crippen LogP contribution in [0, 0.1) is 17.8 Å². The van der Waals surface area contributed by atoms with Crippen molar-refractivity contribution in [2.75, 3.05) is 37.6 Å². The average molecular weight is 343 g/mol. The van der Waals surface area contributed by atoms with E-state index in [2.05, 4.69) is 38.9 Å². The van der Waals surface area contributed by atoms with E-state index in [-0.39, 0.29) is 17.4 Å². The third-order valence-electron chi connectivity index (χ3n) is 6.33. The Kier molecular flexibility index (Phi) is 4.40. The van der Waals surface area contributed by atoms with Crippen molar-refractivity contribution in [3.8, 4) is 0 Å². The minimum Gasteiger partial charge on any atom is -0.350 e. The van der Waals surface area contributed by atoms with Crippen LogP contribution in [-0.4, -0.2) is 59.0 Å². The highest BCUT2D eigenvalue weighted by molar-refractivity contribution is 5.83. The second-order valence-electron chi connectivity index (χ2n) is 8.34. The number of aromatic nitrogens is 2. The molecule has 6 heteroatoms. The smallest absolute Gasteiger partial charge is 0.225 e. The lowest BCUT2D eigenvalue weighted by Gasteiger charge is -2.42. The Bertz CT molecular complexity index is 612. The van der Waals surface area contributed by atoms with E-state index in [0.717, 1.165) is 57.4 Å². The SMILES string of the molecule is CC(C)CCN1C[C@@H]2[C@@H](C1)C(=O)NC21CCN(c2ncccn2)CC1. The number of piperidine rings is 1. The van der Waals surface area contributed by atoms with E-state index in [1.165, 1.54) is 6.42 Å². The Hall–Kier alpha value is -1.69. The lowest BCUT2D eigenvalue weighted by Crippen LogP contribution is -2.55. The molecule has 0 unspecified atom stereocenters. The normalized spacial score (nSPS) is 28.6. The summed E-state index contributed by atoms with van der Waals surface area (Å²) in [5.74, 6) is 2.46. The molecule has 0 aromatic carbocycles. The minimum atomic E-state index is -0.0143. The number of carbonyl (C=O) groups excluding carboxylic acids is 1. The molecule has 6 nitrogen and oxygen atoms in total. The molecule has 1 N–H and O–H groups in total. The number of rotatable bonds is 4. The van der Waals surface area contributed by atoms with Crippen LogP contribution in [0.1, 0.15) is 33.1 Å². The van der Waals surface area contributed by atoms with E-state index in [9.17, 15) is 4.79 Å². The van der Waals surface area contributed by atoms with Crippen LogP contribution in [0.2, 0.25) is 0 Å². The van der Waals surface area contributed by atoms with Crippen molar-refractivity contribution in [3.63, 3.8) is 0 Å². The first-order chi connectivity index (χ1) is 12.1. The van der Waals surface area contributed by atoms with Gasteiger partial charge < -0.3 is 15.1 Å². The molecule has 4 heterocycles. The second kappa shape index (κ2) is 6.56. The van der Waals surface area contributed by atoms with Crippen LogP contribution >= 0.6 is 0 Å². The Morgan fingerprint density at radius 3 is 2.64 bits per heavy atom. The monoisotopic (exact) mass is 343 g/mol. The van der Waals surface area contributed by atoms with Gasteiger partial charge in [0.05, 0.1) is 5.92 Å². The molecule has 1 amide bonds. The van der Waals surface area contributed by atoms with E-state index in [0.29, 0.717) is 5.92 Å². The highest BCUT2D eigenvalue weighted by Crippen LogP contribution is 2.44. The molecule has 0 bridgehead atoms. The van der Waals surface area contributed by atoms with Crippen LogP contribution in [0.5, 0.6) is 0 Å². The zero-order chi connectivity index (χ0) is 17.4. The van der Waals surface area contributed by atoms with Gasteiger partial charge >= 0.3 is 0 Å². The molecule has 0 saturated carbocycles. The largest absolute Gasteiger partial charge is 0.350 e. The third-order valence-corrected chi connectivity index (χ3v) is 6.33. The van der Waals surface area contributed by atoms with E-state index in [4.69, 9.17) is 0 Å². The maximum absolute atomic E-state index is 12.6. The average Bonchev–Trinajstić information content (AvgIpc) is 3.15. The zero-order valence-electron chi connectivity index (χ0n) is 15.3. The first-order valence-electron chi connectivity index (χ1n) is 9.64. The topological polar surface area (TPSA) is 61.4 Å². The number of nitrogens with zero attached hydrogens (tertiary/aromatic N) is 4. The van der Waals surface area contributed by atoms with Crippen molar-refractivity contribution in [1.82, 2.24) is 20.2 Å². The third kappa shape index (κ3) is 3.12. The fourth-order valence-corrected chi connectivity index (χ4v) is 4.82. The summed E-state index contributed by atoms with van der Waals surface area (Å²) >= 11 is 0. The van der Waals surface area contributed by atoms with Gasteiger partial charge in [-0.25, -0.2) is 9.97 Å². The van der Waals surface area contributed by atoms with Gasteiger partial charge in [-0.15, -0.1) is 0 Å². The number of likely N-dealkylation sites (tertiary alicyclic amines) is 1. The predicted octanol–water partition coefficient (Wildman–Crippen LogP) is 1.54. The van der Waals surface area contributed by atoms with Crippen LogP contribution < -0.4 is 10.2 Å². The van der Waals surface area contributed by atoms with Gasteiger partial charge in [0.15, 0.2) is 0 Å². The van der Waals surface area contributed by atoms with Crippen LogP contribution in [0.15, 0.2) is 18.5 Å². The van der Waals surface area contributed by atoms with Crippen molar-refractivity contribution in [2.45, 2.75) is 38.6 Å². The van der Waals surface area contributed by atoms with Crippen LogP contribution in [0.25, 0.3) is 0 Å². The van der Waals surface area contributed by atoms with Gasteiger partial charge in [0.2, 0.25) is 11.9 Å². The summed E-state index contributed by atoms with van der Waals surface area (Å²) in [4.78, 5) is 26.1. The lowest BCUT2D eigenvalue weighted by atomic mass is 9.75. The van der Waals surface area contributed by atoms with Crippen LogP contribution in [0.4, 0.5) is 5.95 Å². The first-order valence-corrected chi connectivity index (χ1v) is 9.64. The molecule has 2 atom stereocenters. The van der Waals surface area contributed by atoms with Crippen molar-refractivity contribution in [2.24, 2.45) is 17.8 Å². The number of hydrogen-bond acceptors (Lipinski definition) is 5. The van der Waals surface area contributed by atoms with Crippen LogP contribution in [0.3, 0.4) is 0 Å². The van der Waals surface area contributed by atoms with Gasteiger partial charge in [-0.1, -0.05) is 13.8 Å². The fraction of sp³-hybridized carbons (Fsp3) is 0.737. The highest BCUT2D eigenvalue weighted by atomic mass is 16.2. The fourth-order valence-electron chi connectivity index (χ4n) is 4.82. The van der Waals surface area contributed by atoms with Crippen molar-refractivity contribution in [1.29, 1.82) is 0 Å². The Morgan fingerprint density at radius 2 is 1.96 bits per heavy atom. The quantitative estimate of drug-likeness (QED) is 0.899. The highest BCUT2D eigenvalue weighted by Gasteiger charge is 2.57. The van der Waals surface area contributed by atoms with E-state index >= 15 is 0 Å². The molecule has 25 heavy (non-hydrogen) atoms. The maximum atomic E-state index is 12.6. The molecule has 4 rings (SSSR count). The van der Waals surface area contributed by atoms with Gasteiger partial charge in [-0.2, -0.15) is 0 Å². The molecule has 0 aliphatic carbocycles. The standard InChI is InChI=1S/C19H29N5O/c1-14(2)4-9-23-12-15-16(13-23)19(22-17(15)25)5-10-24(11-6-19)18-20-7-3-8-21-18/h3,7-8,14-16H,4-6,9-13H2,1-2H3,(H,22,25)/t15-,16-/m1/s1. The number of fused-ring (bicyclic) bond motifs is 2. The predicted molar refractivity (Wildman–Crippen MR) is 97.2 cm³/mol. The minimum absolute atomic E-state index is 0.0143. The van der Waals surface area contributed by atoms with E-state index < -0.39 is 0 Å². The molecule has 3 aliphatic rings. The summed E-state index contributed by atoms with van der Waals surface area (Å²) in [6.45, 7) is 9.50. The molecule has 0 radical (unpaired) electrons. The van der Waals surface area contributed by atoms with E-state index in [1.54, 1.807) is 12.4 Å². The summed E-state index contributed by atoms with van der Waals surface area (Å²) in [6, 6.07) is 1.85. The molecule has 136 valence electrons. The van der Waals surface area contributed by atoms with Crippen molar-refractivity contribution >= 4 is 11.9 Å². The number of carbonyl (C=O) groups is 1. The van der Waals surface area contributed by atoms with E-state index in [1.807, 2.05) is 6.07 Å². The zero-order valence-corrected chi connectivity index (χ0v) is 15.3. The molecule has 3 aliphatic heterocycles. The molecule has 3 fully saturated rings. The second-order valence-corrected chi connectivity index (χ2v) is 8.34. The number of anilines is 1. The molecular formula is C19H29N5O. The summed E-state index contributed by atoms with van der Waals surface area (Å²) in [6.07, 6.45) is 6.80. The molecular weight excluding hydrogens is 314 g/mol. The number of hydrogen-bond donors (Lipinski definition) is 1. The van der Waals surface area contributed by atoms with Crippen molar-refractivity contribution < 1.29 is 4.79 Å². The Labute approximate surface area is 150 Å². The molecule has 3 saturated heterocycles. The molecule has 1 aromatic heterocycles. The lowest BCUT2D eigenvalue weighted by molar-refractivity contribution is -0.123. The summed E-state index contributed by atoms with van der Waals surface area (Å²) in [5.41, 5.74) is -0.0143. The number of nitrogens with one attached hydrogen (secondary N) is 1. The van der Waals surface area contributed by atoms with Crippen molar-refractivity contribution in [3.05, 3.63) is 18.5 Å². The summed E-state index contributed by atoms with van der Waals surface area (Å²) < 4.78 is 0. The summed E-state index contributed by atoms with van der Waals surface area (Å²) in [5, 5.41) is 3.40. The van der Waals surface area contributed by atoms with Gasteiger partial charge in [-0.3, -0.25) is 4.79 Å². The van der Waals surface area contributed by atoms with Crippen LogP contribution in [-0.2, 0) is 4.79 Å². The molecule has 1 aromatic rings. The van der Waals surface area contributed by atoms with Gasteiger partial charge in [0, 0.05) is 50.0 Å². The first kappa shape index (κ1) is 16.8. The number of amides is 1.